The molecule has 0 N–H and O–H groups in total. The van der Waals surface area contributed by atoms with E-state index >= 15 is 0 Å². The maximum Gasteiger partial charge on any atom is 0.293 e. The first-order chi connectivity index (χ1) is 18.0. The molecule has 8 heteroatoms. The van der Waals surface area contributed by atoms with Gasteiger partial charge in [-0.1, -0.05) is 54.6 Å². The first-order valence-corrected chi connectivity index (χ1v) is 12.9. The molecule has 3 amide bonds. The van der Waals surface area contributed by atoms with E-state index in [9.17, 15) is 18.8 Å². The quantitative estimate of drug-likeness (QED) is 0.432. The molecule has 0 atom stereocenters. The number of imide groups is 1. The SMILES string of the molecule is O=C(c1ccc(/C=C2\SC(=O)N(Cc3ccccc3)C2=O)cc1)N1CCN(Cc2ccc(F)cc2)CC1. The lowest BCUT2D eigenvalue weighted by Crippen LogP contribution is -2.48. The molecule has 6 nitrogen and oxygen atoms in total. The summed E-state index contributed by atoms with van der Waals surface area (Å²) in [5, 5.41) is -0.287. The second kappa shape index (κ2) is 11.1. The van der Waals surface area contributed by atoms with Crippen LogP contribution in [0.2, 0.25) is 0 Å². The van der Waals surface area contributed by atoms with Crippen LogP contribution in [-0.4, -0.2) is 57.9 Å². The van der Waals surface area contributed by atoms with Crippen molar-refractivity contribution in [1.29, 1.82) is 0 Å². The van der Waals surface area contributed by atoms with E-state index in [-0.39, 0.29) is 29.4 Å². The Morgan fingerprint density at radius 3 is 2.14 bits per heavy atom. The predicted molar refractivity (Wildman–Crippen MR) is 142 cm³/mol. The molecule has 3 aromatic carbocycles. The Hall–Kier alpha value is -3.75. The summed E-state index contributed by atoms with van der Waals surface area (Å²) in [4.78, 5) is 43.9. The Morgan fingerprint density at radius 1 is 0.811 bits per heavy atom. The summed E-state index contributed by atoms with van der Waals surface area (Å²) in [7, 11) is 0. The molecule has 2 saturated heterocycles. The molecule has 3 aromatic rings. The molecule has 37 heavy (non-hydrogen) atoms. The number of amides is 3. The summed E-state index contributed by atoms with van der Waals surface area (Å²) >= 11 is 0.931. The summed E-state index contributed by atoms with van der Waals surface area (Å²) in [5.41, 5.74) is 3.28. The van der Waals surface area contributed by atoms with E-state index < -0.39 is 0 Å². The van der Waals surface area contributed by atoms with E-state index in [1.165, 1.54) is 17.0 Å². The Morgan fingerprint density at radius 2 is 1.46 bits per heavy atom. The fraction of sp³-hybridized carbons (Fsp3) is 0.207. The third-order valence-corrected chi connectivity index (χ3v) is 7.40. The van der Waals surface area contributed by atoms with Crippen LogP contribution in [0.5, 0.6) is 0 Å². The molecular weight excluding hydrogens is 489 g/mol. The summed E-state index contributed by atoms with van der Waals surface area (Å²) in [6.07, 6.45) is 1.69. The summed E-state index contributed by atoms with van der Waals surface area (Å²) in [5.74, 6) is -0.581. The highest BCUT2D eigenvalue weighted by molar-refractivity contribution is 8.18. The first-order valence-electron chi connectivity index (χ1n) is 12.1. The van der Waals surface area contributed by atoms with Crippen molar-refractivity contribution in [3.8, 4) is 0 Å². The van der Waals surface area contributed by atoms with Gasteiger partial charge >= 0.3 is 0 Å². The molecule has 2 aliphatic heterocycles. The summed E-state index contributed by atoms with van der Waals surface area (Å²) in [6.45, 7) is 3.72. The van der Waals surface area contributed by atoms with E-state index in [2.05, 4.69) is 4.90 Å². The Balaban J connectivity index is 1.17. The number of nitrogens with zero attached hydrogens (tertiary/aromatic N) is 3. The van der Waals surface area contributed by atoms with Gasteiger partial charge in [-0.05, 0) is 58.8 Å². The molecule has 188 valence electrons. The maximum atomic E-state index is 13.1. The van der Waals surface area contributed by atoms with Gasteiger partial charge in [-0.25, -0.2) is 4.39 Å². The number of thioether (sulfide) groups is 1. The van der Waals surface area contributed by atoms with Crippen LogP contribution in [0.1, 0.15) is 27.0 Å². The second-order valence-corrected chi connectivity index (χ2v) is 10.1. The number of piperazine rings is 1. The van der Waals surface area contributed by atoms with E-state index in [1.807, 2.05) is 35.2 Å². The molecule has 2 heterocycles. The molecule has 0 bridgehead atoms. The zero-order valence-corrected chi connectivity index (χ0v) is 21.0. The molecule has 5 rings (SSSR count). The maximum absolute atomic E-state index is 13.1. The van der Waals surface area contributed by atoms with E-state index in [0.717, 1.165) is 48.1 Å². The number of hydrogen-bond acceptors (Lipinski definition) is 5. The van der Waals surface area contributed by atoms with E-state index in [1.54, 1.807) is 42.5 Å². The van der Waals surface area contributed by atoms with Crippen LogP contribution in [0.15, 0.2) is 83.8 Å². The molecule has 2 fully saturated rings. The minimum Gasteiger partial charge on any atom is -0.336 e. The van der Waals surface area contributed by atoms with Crippen molar-refractivity contribution in [3.05, 3.63) is 112 Å². The van der Waals surface area contributed by atoms with Gasteiger partial charge in [0, 0.05) is 38.3 Å². The molecule has 0 aliphatic carbocycles. The van der Waals surface area contributed by atoms with Crippen molar-refractivity contribution in [2.75, 3.05) is 26.2 Å². The minimum absolute atomic E-state index is 0.0313. The predicted octanol–water partition coefficient (Wildman–Crippen LogP) is 5.02. The number of carbonyl (C=O) groups excluding carboxylic acids is 3. The van der Waals surface area contributed by atoms with Gasteiger partial charge in [0.05, 0.1) is 11.4 Å². The summed E-state index contributed by atoms with van der Waals surface area (Å²) in [6, 6.07) is 23.0. The Bertz CT molecular complexity index is 1320. The minimum atomic E-state index is -0.308. The van der Waals surface area contributed by atoms with Gasteiger partial charge in [0.15, 0.2) is 0 Å². The van der Waals surface area contributed by atoms with Gasteiger partial charge in [-0.3, -0.25) is 24.2 Å². The number of rotatable bonds is 6. The lowest BCUT2D eigenvalue weighted by molar-refractivity contribution is -0.123. The van der Waals surface area contributed by atoms with Crippen LogP contribution in [0, 0.1) is 5.82 Å². The van der Waals surface area contributed by atoms with Gasteiger partial charge in [-0.2, -0.15) is 0 Å². The normalized spacial score (nSPS) is 17.6. The fourth-order valence-electron chi connectivity index (χ4n) is 4.42. The summed E-state index contributed by atoms with van der Waals surface area (Å²) < 4.78 is 13.1. The Kier molecular flexibility index (Phi) is 7.48. The zero-order valence-electron chi connectivity index (χ0n) is 20.2. The third-order valence-electron chi connectivity index (χ3n) is 6.49. The molecule has 0 spiro atoms. The van der Waals surface area contributed by atoms with Crippen LogP contribution < -0.4 is 0 Å². The van der Waals surface area contributed by atoms with Crippen molar-refractivity contribution in [1.82, 2.24) is 14.7 Å². The van der Waals surface area contributed by atoms with Crippen molar-refractivity contribution in [3.63, 3.8) is 0 Å². The largest absolute Gasteiger partial charge is 0.336 e. The first kappa shape index (κ1) is 24.9. The van der Waals surface area contributed by atoms with E-state index in [0.29, 0.717) is 23.6 Å². The average Bonchev–Trinajstić information content (AvgIpc) is 3.18. The lowest BCUT2D eigenvalue weighted by Gasteiger charge is -2.34. The van der Waals surface area contributed by atoms with Gasteiger partial charge in [0.2, 0.25) is 0 Å². The van der Waals surface area contributed by atoms with Crippen molar-refractivity contribution in [2.45, 2.75) is 13.1 Å². The monoisotopic (exact) mass is 515 g/mol. The van der Waals surface area contributed by atoms with Crippen molar-refractivity contribution >= 4 is 34.9 Å². The highest BCUT2D eigenvalue weighted by Gasteiger charge is 2.35. The number of hydrogen-bond donors (Lipinski definition) is 0. The molecule has 2 aliphatic rings. The van der Waals surface area contributed by atoms with Crippen LogP contribution in [0.4, 0.5) is 9.18 Å². The zero-order chi connectivity index (χ0) is 25.8. The average molecular weight is 516 g/mol. The van der Waals surface area contributed by atoms with Crippen molar-refractivity contribution in [2.24, 2.45) is 0 Å². The van der Waals surface area contributed by atoms with Gasteiger partial charge < -0.3 is 4.90 Å². The molecule has 0 saturated carbocycles. The van der Waals surface area contributed by atoms with Gasteiger partial charge in [-0.15, -0.1) is 0 Å². The highest BCUT2D eigenvalue weighted by Crippen LogP contribution is 2.33. The second-order valence-electron chi connectivity index (χ2n) is 9.07. The highest BCUT2D eigenvalue weighted by atomic mass is 32.2. The number of carbonyl (C=O) groups is 3. The number of benzene rings is 3. The van der Waals surface area contributed by atoms with E-state index in [4.69, 9.17) is 0 Å². The lowest BCUT2D eigenvalue weighted by atomic mass is 10.1. The third kappa shape index (κ3) is 5.98. The Labute approximate surface area is 219 Å². The molecule has 0 aromatic heterocycles. The molecule has 0 unspecified atom stereocenters. The van der Waals surface area contributed by atoms with Crippen LogP contribution >= 0.6 is 11.8 Å². The van der Waals surface area contributed by atoms with Gasteiger partial charge in [0.1, 0.15) is 5.82 Å². The van der Waals surface area contributed by atoms with Crippen LogP contribution in [0.25, 0.3) is 6.08 Å². The standard InChI is InChI=1S/C29H26FN3O3S/c30-25-12-8-23(9-13-25)19-31-14-16-32(17-15-31)27(34)24-10-6-21(7-11-24)18-26-28(35)33(29(36)37-26)20-22-4-2-1-3-5-22/h1-13,18H,14-17,19-20H2/b26-18-. The topological polar surface area (TPSA) is 60.9 Å². The number of halogens is 1. The van der Waals surface area contributed by atoms with Gasteiger partial charge in [0.25, 0.3) is 17.1 Å². The van der Waals surface area contributed by atoms with Crippen molar-refractivity contribution < 1.29 is 18.8 Å². The molecular formula is C29H26FN3O3S. The van der Waals surface area contributed by atoms with Crippen LogP contribution in [0.3, 0.4) is 0 Å². The van der Waals surface area contributed by atoms with Crippen LogP contribution in [-0.2, 0) is 17.9 Å². The molecule has 0 radical (unpaired) electrons. The smallest absolute Gasteiger partial charge is 0.293 e. The fourth-order valence-corrected chi connectivity index (χ4v) is 5.25.